The maximum absolute atomic E-state index is 13.7. The molecule has 6 atom stereocenters. The number of rotatable bonds is 5. The molecular weight excluding hydrogens is 569 g/mol. The first-order valence-electron chi connectivity index (χ1n) is 14.8. The molecule has 1 amide bonds. The van der Waals surface area contributed by atoms with E-state index in [1.54, 1.807) is 18.2 Å². The number of fused-ring (bicyclic) bond motifs is 1. The van der Waals surface area contributed by atoms with E-state index in [-0.39, 0.29) is 35.8 Å². The number of hydrogen-bond acceptors (Lipinski definition) is 6. The first-order chi connectivity index (χ1) is 19.9. The number of likely N-dealkylation sites (tertiary alicyclic amines) is 1. The van der Waals surface area contributed by atoms with Gasteiger partial charge in [-0.2, -0.15) is 21.6 Å². The molecule has 226 valence electrons. The Morgan fingerprint density at radius 3 is 2.50 bits per heavy atom. The lowest BCUT2D eigenvalue weighted by molar-refractivity contribution is -0.173. The molecule has 7 nitrogen and oxygen atoms in total. The summed E-state index contributed by atoms with van der Waals surface area (Å²) in [5.41, 5.74) is -4.35. The van der Waals surface area contributed by atoms with Crippen molar-refractivity contribution < 1.29 is 35.3 Å². The summed E-state index contributed by atoms with van der Waals surface area (Å²) in [5.74, 6) is -0.571. The van der Waals surface area contributed by atoms with Crippen molar-refractivity contribution in [2.75, 3.05) is 13.6 Å². The molecular formula is C31H35F3N2O5S. The van der Waals surface area contributed by atoms with Crippen LogP contribution < -0.4 is 4.18 Å². The van der Waals surface area contributed by atoms with Crippen molar-refractivity contribution in [3.05, 3.63) is 65.2 Å². The molecule has 3 aliphatic carbocycles. The number of amides is 1. The molecule has 42 heavy (non-hydrogen) atoms. The molecule has 2 heterocycles. The van der Waals surface area contributed by atoms with Gasteiger partial charge in [-0.15, -0.1) is 0 Å². The zero-order chi connectivity index (χ0) is 29.7. The van der Waals surface area contributed by atoms with E-state index in [1.807, 2.05) is 30.1 Å². The summed E-state index contributed by atoms with van der Waals surface area (Å²) in [5, 5.41) is 0. The molecule has 0 spiro atoms. The van der Waals surface area contributed by atoms with Crippen molar-refractivity contribution in [2.24, 2.45) is 5.92 Å². The number of halogens is 3. The van der Waals surface area contributed by atoms with Gasteiger partial charge in [0.15, 0.2) is 0 Å². The van der Waals surface area contributed by atoms with Crippen LogP contribution in [0.15, 0.2) is 48.5 Å². The summed E-state index contributed by atoms with van der Waals surface area (Å²) in [4.78, 5) is 18.1. The maximum atomic E-state index is 13.7. The second kappa shape index (κ2) is 9.43. The highest BCUT2D eigenvalue weighted by Gasteiger charge is 2.75. The molecule has 2 aromatic carbocycles. The van der Waals surface area contributed by atoms with E-state index in [4.69, 9.17) is 4.74 Å². The number of hydrogen-bond donors (Lipinski definition) is 0. The monoisotopic (exact) mass is 604 g/mol. The summed E-state index contributed by atoms with van der Waals surface area (Å²) >= 11 is 0. The zero-order valence-electron chi connectivity index (χ0n) is 23.6. The van der Waals surface area contributed by atoms with Gasteiger partial charge in [-0.05, 0) is 87.4 Å². The minimum Gasteiger partial charge on any atom is -0.376 e. The summed E-state index contributed by atoms with van der Waals surface area (Å²) in [6.45, 7) is 2.87. The van der Waals surface area contributed by atoms with Gasteiger partial charge in [0.25, 0.3) is 5.91 Å². The van der Waals surface area contributed by atoms with Crippen LogP contribution in [0.5, 0.6) is 5.75 Å². The van der Waals surface area contributed by atoms with Gasteiger partial charge in [0.1, 0.15) is 5.75 Å². The molecule has 7 rings (SSSR count). The number of carbonyl (C=O) groups is 1. The smallest absolute Gasteiger partial charge is 0.376 e. The second-order valence-corrected chi connectivity index (χ2v) is 14.2. The van der Waals surface area contributed by atoms with Crippen LogP contribution in [-0.2, 0) is 26.7 Å². The van der Waals surface area contributed by atoms with E-state index < -0.39 is 26.6 Å². The number of nitrogens with zero attached hydrogens (tertiary/aromatic N) is 2. The number of piperidine rings is 1. The zero-order valence-corrected chi connectivity index (χ0v) is 24.5. The van der Waals surface area contributed by atoms with Crippen molar-refractivity contribution in [1.82, 2.24) is 9.80 Å². The third kappa shape index (κ3) is 3.78. The van der Waals surface area contributed by atoms with Crippen molar-refractivity contribution >= 4 is 16.0 Å². The van der Waals surface area contributed by atoms with Crippen LogP contribution in [0.4, 0.5) is 13.2 Å². The maximum Gasteiger partial charge on any atom is 0.534 e. The highest BCUT2D eigenvalue weighted by Crippen LogP contribution is 2.68. The van der Waals surface area contributed by atoms with E-state index in [9.17, 15) is 26.4 Å². The Morgan fingerprint density at radius 1 is 1.10 bits per heavy atom. The predicted molar refractivity (Wildman–Crippen MR) is 149 cm³/mol. The Labute approximate surface area is 244 Å². The SMILES string of the molecule is CC1OC23CCC(N(C)C(=O)c4ccccc4)C1C21CCN(C2CCC2)C3Cc2ccc(OS(=O)(=O)C(F)(F)F)cc21. The summed E-state index contributed by atoms with van der Waals surface area (Å²) < 4.78 is 75.4. The third-order valence-corrected chi connectivity index (χ3v) is 12.0. The minimum absolute atomic E-state index is 0.0866. The van der Waals surface area contributed by atoms with Crippen molar-refractivity contribution in [2.45, 2.75) is 92.6 Å². The molecule has 0 aromatic heterocycles. The van der Waals surface area contributed by atoms with E-state index in [0.717, 1.165) is 36.9 Å². The van der Waals surface area contributed by atoms with Crippen molar-refractivity contribution in [1.29, 1.82) is 0 Å². The standard InChI is InChI=1S/C31H35F3N2O5S/c1-19-27-25(35(2)28(37)20-7-4-3-5-8-20)13-14-30(40-19)26-17-21-11-12-23(41-42(38,39)31(32,33)34)18-24(21)29(27,30)15-16-36(26)22-9-6-10-22/h3-5,7-8,11-12,18-19,22,25-27H,6,9-10,13-17H2,1-2H3. The Kier molecular flexibility index (Phi) is 6.32. The van der Waals surface area contributed by atoms with Gasteiger partial charge in [0.2, 0.25) is 0 Å². The molecule has 11 heteroatoms. The lowest BCUT2D eigenvalue weighted by atomic mass is 9.45. The highest BCUT2D eigenvalue weighted by molar-refractivity contribution is 7.88. The molecule has 2 saturated heterocycles. The van der Waals surface area contributed by atoms with Crippen LogP contribution in [0.1, 0.15) is 66.9 Å². The number of ether oxygens (including phenoxy) is 1. The van der Waals surface area contributed by atoms with Crippen molar-refractivity contribution in [3.63, 3.8) is 0 Å². The molecule has 5 aliphatic rings. The van der Waals surface area contributed by atoms with Crippen molar-refractivity contribution in [3.8, 4) is 5.75 Å². The topological polar surface area (TPSA) is 76.2 Å². The third-order valence-electron chi connectivity index (χ3n) is 11.0. The van der Waals surface area contributed by atoms with E-state index in [0.29, 0.717) is 30.9 Å². The van der Waals surface area contributed by atoms with Gasteiger partial charge < -0.3 is 13.8 Å². The Bertz CT molecular complexity index is 1510. The quantitative estimate of drug-likeness (QED) is 0.352. The largest absolute Gasteiger partial charge is 0.534 e. The summed E-state index contributed by atoms with van der Waals surface area (Å²) in [6.07, 6.45) is 6.09. The van der Waals surface area contributed by atoms with E-state index in [2.05, 4.69) is 16.0 Å². The summed E-state index contributed by atoms with van der Waals surface area (Å²) in [6, 6.07) is 14.1. The fourth-order valence-electron chi connectivity index (χ4n) is 9.24. The highest BCUT2D eigenvalue weighted by atomic mass is 32.2. The lowest BCUT2D eigenvalue weighted by Gasteiger charge is -2.66. The lowest BCUT2D eigenvalue weighted by Crippen LogP contribution is -2.75. The molecule has 0 N–H and O–H groups in total. The summed E-state index contributed by atoms with van der Waals surface area (Å²) in [7, 11) is -4.00. The average Bonchev–Trinajstić information content (AvgIpc) is 3.09. The van der Waals surface area contributed by atoms with E-state index >= 15 is 0 Å². The Hall–Kier alpha value is -2.63. The van der Waals surface area contributed by atoms with Crippen LogP contribution in [0, 0.1) is 5.92 Å². The Morgan fingerprint density at radius 2 is 1.83 bits per heavy atom. The first kappa shape index (κ1) is 28.2. The first-order valence-corrected chi connectivity index (χ1v) is 16.2. The van der Waals surface area contributed by atoms with E-state index in [1.165, 1.54) is 18.6 Å². The molecule has 2 aliphatic heterocycles. The number of alkyl halides is 3. The van der Waals surface area contributed by atoms with Gasteiger partial charge in [-0.25, -0.2) is 0 Å². The second-order valence-electron chi connectivity index (χ2n) is 12.7. The van der Waals surface area contributed by atoms with Crippen LogP contribution in [0.3, 0.4) is 0 Å². The normalized spacial score (nSPS) is 34.2. The van der Waals surface area contributed by atoms with Gasteiger partial charge in [0, 0.05) is 42.1 Å². The Balaban J connectivity index is 1.35. The molecule has 2 saturated carbocycles. The van der Waals surface area contributed by atoms with Gasteiger partial charge in [-0.3, -0.25) is 9.69 Å². The minimum atomic E-state index is -5.83. The van der Waals surface area contributed by atoms with Gasteiger partial charge in [0.05, 0.1) is 11.7 Å². The fraction of sp³-hybridized carbons (Fsp3) is 0.581. The number of benzene rings is 2. The fourth-order valence-corrected chi connectivity index (χ4v) is 9.69. The molecule has 4 fully saturated rings. The van der Waals surface area contributed by atoms with Crippen LogP contribution >= 0.6 is 0 Å². The molecule has 4 bridgehead atoms. The molecule has 6 unspecified atom stereocenters. The molecule has 0 radical (unpaired) electrons. The average molecular weight is 605 g/mol. The predicted octanol–water partition coefficient (Wildman–Crippen LogP) is 5.04. The van der Waals surface area contributed by atoms with Gasteiger partial charge in [-0.1, -0.05) is 30.7 Å². The number of carbonyl (C=O) groups excluding carboxylic acids is 1. The van der Waals surface area contributed by atoms with Gasteiger partial charge >= 0.3 is 15.6 Å². The van der Waals surface area contributed by atoms with Crippen LogP contribution in [-0.4, -0.2) is 73.1 Å². The molecule has 2 aromatic rings. The van der Waals surface area contributed by atoms with Crippen LogP contribution in [0.2, 0.25) is 0 Å². The van der Waals surface area contributed by atoms with Crippen LogP contribution in [0.25, 0.3) is 0 Å².